The number of benzene rings is 2. The Morgan fingerprint density at radius 2 is 1.89 bits per heavy atom. The van der Waals surface area contributed by atoms with Crippen molar-refractivity contribution in [3.63, 3.8) is 0 Å². The Hall–Kier alpha value is -3.02. The minimum absolute atomic E-state index is 0.0804. The number of anilines is 1. The first-order chi connectivity index (χ1) is 13.0. The highest BCUT2D eigenvalue weighted by molar-refractivity contribution is 5.88. The van der Waals surface area contributed by atoms with E-state index in [1.165, 1.54) is 12.5 Å². The second kappa shape index (κ2) is 10.2. The minimum Gasteiger partial charge on any atom is -0.497 e. The number of nitrogens with zero attached hydrogens (tertiary/aromatic N) is 2. The van der Waals surface area contributed by atoms with Gasteiger partial charge in [-0.2, -0.15) is 0 Å². The van der Waals surface area contributed by atoms with Gasteiger partial charge in [-0.25, -0.2) is 4.99 Å². The summed E-state index contributed by atoms with van der Waals surface area (Å²) in [6.45, 7) is 5.61. The van der Waals surface area contributed by atoms with Crippen molar-refractivity contribution in [2.24, 2.45) is 4.99 Å². The molecule has 0 aliphatic heterocycles. The van der Waals surface area contributed by atoms with Gasteiger partial charge in [0.15, 0.2) is 5.96 Å². The van der Waals surface area contributed by atoms with E-state index in [9.17, 15) is 4.79 Å². The van der Waals surface area contributed by atoms with Crippen LogP contribution in [0.1, 0.15) is 25.0 Å². The molecule has 2 rings (SSSR count). The largest absolute Gasteiger partial charge is 0.497 e. The first kappa shape index (κ1) is 20.3. The molecule has 27 heavy (non-hydrogen) atoms. The summed E-state index contributed by atoms with van der Waals surface area (Å²) >= 11 is 0. The van der Waals surface area contributed by atoms with E-state index in [0.29, 0.717) is 6.54 Å². The van der Waals surface area contributed by atoms with Gasteiger partial charge in [0.1, 0.15) is 5.75 Å². The molecule has 2 aromatic carbocycles. The summed E-state index contributed by atoms with van der Waals surface area (Å²) in [6.07, 6.45) is 0. The summed E-state index contributed by atoms with van der Waals surface area (Å²) < 4.78 is 5.21. The summed E-state index contributed by atoms with van der Waals surface area (Å²) in [6, 6.07) is 15.8. The van der Waals surface area contributed by atoms with E-state index in [0.717, 1.165) is 36.0 Å². The number of carbonyl (C=O) groups excluding carboxylic acids is 1. The summed E-state index contributed by atoms with van der Waals surface area (Å²) in [7, 11) is 3.68. The van der Waals surface area contributed by atoms with Crippen molar-refractivity contribution < 1.29 is 9.53 Å². The van der Waals surface area contributed by atoms with Gasteiger partial charge in [-0.3, -0.25) is 4.79 Å². The minimum atomic E-state index is -0.0804. The van der Waals surface area contributed by atoms with Crippen LogP contribution in [0.2, 0.25) is 0 Å². The monoisotopic (exact) mass is 368 g/mol. The quantitative estimate of drug-likeness (QED) is 0.582. The highest BCUT2D eigenvalue weighted by Crippen LogP contribution is 2.14. The molecular formula is C21H28N4O2. The third-order valence-corrected chi connectivity index (χ3v) is 3.93. The summed E-state index contributed by atoms with van der Waals surface area (Å²) in [4.78, 5) is 18.0. The molecule has 0 aliphatic rings. The van der Waals surface area contributed by atoms with E-state index in [-0.39, 0.29) is 5.91 Å². The van der Waals surface area contributed by atoms with Crippen molar-refractivity contribution in [2.75, 3.05) is 26.0 Å². The zero-order chi connectivity index (χ0) is 19.6. The van der Waals surface area contributed by atoms with Crippen molar-refractivity contribution >= 4 is 17.6 Å². The predicted molar refractivity (Wildman–Crippen MR) is 110 cm³/mol. The Morgan fingerprint density at radius 3 is 2.52 bits per heavy atom. The van der Waals surface area contributed by atoms with Crippen molar-refractivity contribution in [3.05, 3.63) is 59.7 Å². The Kier molecular flexibility index (Phi) is 7.67. The Morgan fingerprint density at radius 1 is 1.15 bits per heavy atom. The molecule has 6 heteroatoms. The molecular weight excluding hydrogens is 340 g/mol. The number of aliphatic imine (C=N–C) groups is 1. The van der Waals surface area contributed by atoms with E-state index >= 15 is 0 Å². The van der Waals surface area contributed by atoms with Crippen LogP contribution in [-0.4, -0.2) is 37.5 Å². The van der Waals surface area contributed by atoms with E-state index < -0.39 is 0 Å². The fourth-order valence-electron chi connectivity index (χ4n) is 2.67. The van der Waals surface area contributed by atoms with Gasteiger partial charge in [-0.05, 0) is 42.3 Å². The van der Waals surface area contributed by atoms with Crippen LogP contribution >= 0.6 is 0 Å². The number of rotatable bonds is 7. The van der Waals surface area contributed by atoms with Crippen LogP contribution in [0.15, 0.2) is 53.5 Å². The van der Waals surface area contributed by atoms with Crippen LogP contribution in [0.3, 0.4) is 0 Å². The van der Waals surface area contributed by atoms with Gasteiger partial charge >= 0.3 is 0 Å². The molecule has 0 radical (unpaired) electrons. The number of nitrogens with one attached hydrogen (secondary N) is 2. The predicted octanol–water partition coefficient (Wildman–Crippen LogP) is 3.25. The van der Waals surface area contributed by atoms with E-state index in [1.807, 2.05) is 50.4 Å². The van der Waals surface area contributed by atoms with Crippen molar-refractivity contribution in [1.82, 2.24) is 10.2 Å². The van der Waals surface area contributed by atoms with Crippen LogP contribution in [0.5, 0.6) is 5.75 Å². The summed E-state index contributed by atoms with van der Waals surface area (Å²) in [5, 5.41) is 6.12. The SMILES string of the molecule is CCNC(=NCc1cccc(NC(C)=O)c1)N(C)Cc1ccc(OC)cc1. The maximum atomic E-state index is 11.2. The van der Waals surface area contributed by atoms with Crippen LogP contribution in [0, 0.1) is 0 Å². The first-order valence-corrected chi connectivity index (χ1v) is 9.00. The number of guanidine groups is 1. The molecule has 1 amide bonds. The van der Waals surface area contributed by atoms with E-state index in [4.69, 9.17) is 9.73 Å². The molecule has 0 fully saturated rings. The number of hydrogen-bond donors (Lipinski definition) is 2. The normalized spacial score (nSPS) is 11.0. The van der Waals surface area contributed by atoms with Crippen molar-refractivity contribution in [2.45, 2.75) is 26.9 Å². The lowest BCUT2D eigenvalue weighted by Gasteiger charge is -2.22. The Balaban J connectivity index is 2.06. The number of hydrogen-bond acceptors (Lipinski definition) is 3. The molecule has 0 heterocycles. The topological polar surface area (TPSA) is 66.0 Å². The maximum absolute atomic E-state index is 11.2. The Bertz CT molecular complexity index is 772. The average Bonchev–Trinajstić information content (AvgIpc) is 2.65. The average molecular weight is 368 g/mol. The first-order valence-electron chi connectivity index (χ1n) is 9.00. The lowest BCUT2D eigenvalue weighted by atomic mass is 10.2. The molecule has 0 spiro atoms. The fraction of sp³-hybridized carbons (Fsp3) is 0.333. The van der Waals surface area contributed by atoms with Gasteiger partial charge in [0.05, 0.1) is 13.7 Å². The third-order valence-electron chi connectivity index (χ3n) is 3.93. The molecule has 0 aromatic heterocycles. The molecule has 0 saturated heterocycles. The molecule has 2 aromatic rings. The zero-order valence-corrected chi connectivity index (χ0v) is 16.5. The van der Waals surface area contributed by atoms with Crippen molar-refractivity contribution in [1.29, 1.82) is 0 Å². The second-order valence-electron chi connectivity index (χ2n) is 6.26. The lowest BCUT2D eigenvalue weighted by molar-refractivity contribution is -0.114. The fourth-order valence-corrected chi connectivity index (χ4v) is 2.67. The molecule has 0 bridgehead atoms. The Labute approximate surface area is 161 Å². The number of methoxy groups -OCH3 is 1. The molecule has 2 N–H and O–H groups in total. The summed E-state index contributed by atoms with van der Waals surface area (Å²) in [5.41, 5.74) is 3.00. The van der Waals surface area contributed by atoms with E-state index in [1.54, 1.807) is 7.11 Å². The van der Waals surface area contributed by atoms with Gasteiger partial charge in [0.25, 0.3) is 0 Å². The number of amides is 1. The molecule has 0 unspecified atom stereocenters. The van der Waals surface area contributed by atoms with Gasteiger partial charge in [0, 0.05) is 32.7 Å². The molecule has 6 nitrogen and oxygen atoms in total. The lowest BCUT2D eigenvalue weighted by Crippen LogP contribution is -2.38. The highest BCUT2D eigenvalue weighted by Gasteiger charge is 2.07. The van der Waals surface area contributed by atoms with Gasteiger partial charge in [0.2, 0.25) is 5.91 Å². The molecule has 0 saturated carbocycles. The standard InChI is InChI=1S/C21H28N4O2/c1-5-22-21(25(3)15-17-9-11-20(27-4)12-10-17)23-14-18-7-6-8-19(13-18)24-16(2)26/h6-13H,5,14-15H2,1-4H3,(H,22,23)(H,24,26). The highest BCUT2D eigenvalue weighted by atomic mass is 16.5. The van der Waals surface area contributed by atoms with Crippen LogP contribution in [-0.2, 0) is 17.9 Å². The van der Waals surface area contributed by atoms with E-state index in [2.05, 4.69) is 27.7 Å². The van der Waals surface area contributed by atoms with Crippen molar-refractivity contribution in [3.8, 4) is 5.75 Å². The smallest absolute Gasteiger partial charge is 0.221 e. The number of ether oxygens (including phenoxy) is 1. The third kappa shape index (κ3) is 6.66. The van der Waals surface area contributed by atoms with Crippen LogP contribution < -0.4 is 15.4 Å². The maximum Gasteiger partial charge on any atom is 0.221 e. The van der Waals surface area contributed by atoms with Crippen LogP contribution in [0.4, 0.5) is 5.69 Å². The summed E-state index contributed by atoms with van der Waals surface area (Å²) in [5.74, 6) is 1.60. The zero-order valence-electron chi connectivity index (χ0n) is 16.5. The molecule has 0 atom stereocenters. The molecule has 0 aliphatic carbocycles. The van der Waals surface area contributed by atoms with Crippen LogP contribution in [0.25, 0.3) is 0 Å². The van der Waals surface area contributed by atoms with Gasteiger partial charge < -0.3 is 20.3 Å². The van der Waals surface area contributed by atoms with Gasteiger partial charge in [-0.1, -0.05) is 24.3 Å². The second-order valence-corrected chi connectivity index (χ2v) is 6.26. The number of carbonyl (C=O) groups is 1. The molecule has 144 valence electrons. The van der Waals surface area contributed by atoms with Gasteiger partial charge in [-0.15, -0.1) is 0 Å².